The molecule has 0 amide bonds. The van der Waals surface area contributed by atoms with Gasteiger partial charge in [-0.25, -0.2) is 0 Å². The Balaban J connectivity index is 2.70. The third-order valence-corrected chi connectivity index (χ3v) is 2.45. The Morgan fingerprint density at radius 1 is 0.941 bits per heavy atom. The molecule has 0 aromatic heterocycles. The van der Waals surface area contributed by atoms with E-state index in [1.807, 2.05) is 48.6 Å². The van der Waals surface area contributed by atoms with Crippen LogP contribution in [0.3, 0.4) is 0 Å². The standard InChI is InChI=1S/C15H9NO/c16-11-13-7-4-8-14(15(13)9-10-17)12-5-2-1-3-6-12/h1-8,17H. The molecule has 0 aliphatic rings. The maximum absolute atomic E-state index is 9.02. The van der Waals surface area contributed by atoms with Crippen LogP contribution in [0.4, 0.5) is 0 Å². The summed E-state index contributed by atoms with van der Waals surface area (Å²) in [4.78, 5) is 0. The highest BCUT2D eigenvalue weighted by atomic mass is 16.2. The van der Waals surface area contributed by atoms with Crippen molar-refractivity contribution < 1.29 is 5.11 Å². The number of hydrogen-bond donors (Lipinski definition) is 1. The van der Waals surface area contributed by atoms with Crippen molar-refractivity contribution in [2.45, 2.75) is 0 Å². The van der Waals surface area contributed by atoms with Crippen LogP contribution in [-0.2, 0) is 0 Å². The van der Waals surface area contributed by atoms with Crippen molar-refractivity contribution in [3.05, 3.63) is 59.7 Å². The quantitative estimate of drug-likeness (QED) is 0.749. The minimum Gasteiger partial charge on any atom is -0.462 e. The van der Waals surface area contributed by atoms with E-state index in [1.165, 1.54) is 0 Å². The first-order valence-electron chi connectivity index (χ1n) is 5.10. The maximum Gasteiger partial charge on any atom is 0.113 e. The summed E-state index contributed by atoms with van der Waals surface area (Å²) in [5.41, 5.74) is 2.85. The highest BCUT2D eigenvalue weighted by Crippen LogP contribution is 2.25. The van der Waals surface area contributed by atoms with E-state index in [2.05, 4.69) is 12.0 Å². The Hall–Kier alpha value is -2.71. The third-order valence-electron chi connectivity index (χ3n) is 2.45. The molecule has 0 saturated carbocycles. The Labute approximate surface area is 99.8 Å². The predicted molar refractivity (Wildman–Crippen MR) is 65.4 cm³/mol. The first-order chi connectivity index (χ1) is 8.36. The summed E-state index contributed by atoms with van der Waals surface area (Å²) in [6.45, 7) is 0. The van der Waals surface area contributed by atoms with Gasteiger partial charge in [-0.05, 0) is 23.1 Å². The fourth-order valence-corrected chi connectivity index (χ4v) is 1.69. The molecule has 0 bridgehead atoms. The molecule has 2 rings (SSSR count). The van der Waals surface area contributed by atoms with E-state index >= 15 is 0 Å². The zero-order valence-electron chi connectivity index (χ0n) is 9.01. The van der Waals surface area contributed by atoms with E-state index in [1.54, 1.807) is 6.07 Å². The predicted octanol–water partition coefficient (Wildman–Crippen LogP) is 2.91. The largest absolute Gasteiger partial charge is 0.462 e. The number of hydrogen-bond acceptors (Lipinski definition) is 2. The lowest BCUT2D eigenvalue weighted by molar-refractivity contribution is 0.517. The van der Waals surface area contributed by atoms with Gasteiger partial charge in [-0.1, -0.05) is 42.5 Å². The minimum atomic E-state index is 0.466. The van der Waals surface area contributed by atoms with Gasteiger partial charge in [0.1, 0.15) is 12.2 Å². The third kappa shape index (κ3) is 2.12. The van der Waals surface area contributed by atoms with Gasteiger partial charge in [-0.3, -0.25) is 0 Å². The fraction of sp³-hybridized carbons (Fsp3) is 0. The average molecular weight is 219 g/mol. The first kappa shape index (κ1) is 10.8. The van der Waals surface area contributed by atoms with E-state index in [-0.39, 0.29) is 0 Å². The van der Waals surface area contributed by atoms with Crippen molar-refractivity contribution >= 4 is 0 Å². The SMILES string of the molecule is N#Cc1cccc(-c2ccccc2)c1C#CO. The van der Waals surface area contributed by atoms with Crippen molar-refractivity contribution in [2.75, 3.05) is 0 Å². The van der Waals surface area contributed by atoms with Gasteiger partial charge in [0.05, 0.1) is 11.1 Å². The summed E-state index contributed by atoms with van der Waals surface area (Å²) < 4.78 is 0. The molecule has 0 spiro atoms. The van der Waals surface area contributed by atoms with Crippen LogP contribution in [0.25, 0.3) is 11.1 Å². The van der Waals surface area contributed by atoms with Gasteiger partial charge in [0, 0.05) is 0 Å². The summed E-state index contributed by atoms with van der Waals surface area (Å²) in [5, 5.41) is 17.8. The van der Waals surface area contributed by atoms with Crippen molar-refractivity contribution in [1.29, 1.82) is 5.26 Å². The maximum atomic E-state index is 9.02. The van der Waals surface area contributed by atoms with Crippen LogP contribution in [-0.4, -0.2) is 5.11 Å². The van der Waals surface area contributed by atoms with E-state index in [9.17, 15) is 0 Å². The molecule has 2 heteroatoms. The van der Waals surface area contributed by atoms with E-state index in [0.29, 0.717) is 11.1 Å². The molecule has 0 radical (unpaired) electrons. The topological polar surface area (TPSA) is 44.0 Å². The van der Waals surface area contributed by atoms with E-state index in [4.69, 9.17) is 10.4 Å². The number of nitriles is 1. The number of rotatable bonds is 1. The fourth-order valence-electron chi connectivity index (χ4n) is 1.69. The lowest BCUT2D eigenvalue weighted by atomic mass is 9.96. The minimum absolute atomic E-state index is 0.466. The molecule has 2 aromatic rings. The van der Waals surface area contributed by atoms with Gasteiger partial charge in [-0.15, -0.1) is 0 Å². The molecule has 0 saturated heterocycles. The van der Waals surface area contributed by atoms with Crippen LogP contribution < -0.4 is 0 Å². The van der Waals surface area contributed by atoms with Gasteiger partial charge >= 0.3 is 0 Å². The number of aliphatic hydroxyl groups excluding tert-OH is 1. The van der Waals surface area contributed by atoms with Crippen LogP contribution in [0.1, 0.15) is 11.1 Å². The molecular formula is C15H9NO. The zero-order chi connectivity index (χ0) is 12.1. The van der Waals surface area contributed by atoms with Gasteiger partial charge < -0.3 is 5.11 Å². The number of nitrogens with zero attached hydrogens (tertiary/aromatic N) is 1. The normalized spacial score (nSPS) is 8.88. The highest BCUT2D eigenvalue weighted by molar-refractivity contribution is 5.74. The summed E-state index contributed by atoms with van der Waals surface area (Å²) in [6, 6.07) is 17.1. The van der Waals surface area contributed by atoms with Gasteiger partial charge in [0.2, 0.25) is 0 Å². The Morgan fingerprint density at radius 3 is 2.35 bits per heavy atom. The van der Waals surface area contributed by atoms with Crippen molar-refractivity contribution in [2.24, 2.45) is 0 Å². The van der Waals surface area contributed by atoms with E-state index in [0.717, 1.165) is 11.1 Å². The lowest BCUT2D eigenvalue weighted by Gasteiger charge is -2.05. The van der Waals surface area contributed by atoms with Crippen LogP contribution in [0.5, 0.6) is 0 Å². The Bertz CT molecular complexity index is 627. The summed E-state index contributed by atoms with van der Waals surface area (Å²) in [6.07, 6.45) is 1.87. The monoisotopic (exact) mass is 219 g/mol. The molecule has 1 N–H and O–H groups in total. The molecule has 0 aliphatic heterocycles. The van der Waals surface area contributed by atoms with Crippen LogP contribution in [0.15, 0.2) is 48.5 Å². The second-order valence-corrected chi connectivity index (χ2v) is 3.44. The van der Waals surface area contributed by atoms with Gasteiger partial charge in [0.25, 0.3) is 0 Å². The first-order valence-corrected chi connectivity index (χ1v) is 5.10. The van der Waals surface area contributed by atoms with Crippen molar-refractivity contribution in [1.82, 2.24) is 0 Å². The Kier molecular flexibility index (Phi) is 3.10. The number of aliphatic hydroxyl groups is 1. The number of benzene rings is 2. The molecule has 0 heterocycles. The van der Waals surface area contributed by atoms with Crippen molar-refractivity contribution in [3.63, 3.8) is 0 Å². The molecule has 2 nitrogen and oxygen atoms in total. The smallest absolute Gasteiger partial charge is 0.113 e. The van der Waals surface area contributed by atoms with Crippen LogP contribution in [0, 0.1) is 23.4 Å². The summed E-state index contributed by atoms with van der Waals surface area (Å²) in [5.74, 6) is 2.58. The molecule has 2 aromatic carbocycles. The van der Waals surface area contributed by atoms with Crippen LogP contribution >= 0.6 is 0 Å². The van der Waals surface area contributed by atoms with Crippen LogP contribution in [0.2, 0.25) is 0 Å². The Morgan fingerprint density at radius 2 is 1.71 bits per heavy atom. The molecular weight excluding hydrogens is 210 g/mol. The second-order valence-electron chi connectivity index (χ2n) is 3.44. The van der Waals surface area contributed by atoms with Gasteiger partial charge in [0.15, 0.2) is 0 Å². The molecule has 0 aliphatic carbocycles. The molecule has 0 unspecified atom stereocenters. The summed E-state index contributed by atoms with van der Waals surface area (Å²) in [7, 11) is 0. The zero-order valence-corrected chi connectivity index (χ0v) is 9.01. The highest BCUT2D eigenvalue weighted by Gasteiger charge is 2.07. The molecule has 80 valence electrons. The second kappa shape index (κ2) is 4.88. The summed E-state index contributed by atoms with van der Waals surface area (Å²) >= 11 is 0. The molecule has 0 fully saturated rings. The average Bonchev–Trinajstić information content (AvgIpc) is 2.40. The van der Waals surface area contributed by atoms with E-state index < -0.39 is 0 Å². The van der Waals surface area contributed by atoms with Crippen molar-refractivity contribution in [3.8, 4) is 29.2 Å². The lowest BCUT2D eigenvalue weighted by Crippen LogP contribution is -1.89. The molecule has 17 heavy (non-hydrogen) atoms. The molecule has 0 atom stereocenters. The van der Waals surface area contributed by atoms with Gasteiger partial charge in [-0.2, -0.15) is 5.26 Å².